The van der Waals surface area contributed by atoms with Crippen LogP contribution in [-0.4, -0.2) is 35.7 Å². The van der Waals surface area contributed by atoms with Gasteiger partial charge in [-0.1, -0.05) is 30.3 Å². The van der Waals surface area contributed by atoms with Crippen LogP contribution < -0.4 is 0 Å². The van der Waals surface area contributed by atoms with Crippen LogP contribution in [-0.2, 0) is 33.5 Å². The van der Waals surface area contributed by atoms with Crippen molar-refractivity contribution in [1.82, 2.24) is 14.7 Å². The highest BCUT2D eigenvalue weighted by molar-refractivity contribution is 8.13. The van der Waals surface area contributed by atoms with Crippen LogP contribution in [0.3, 0.4) is 0 Å². The van der Waals surface area contributed by atoms with Gasteiger partial charge in [0.05, 0.1) is 18.8 Å². The molecule has 0 fully saturated rings. The van der Waals surface area contributed by atoms with E-state index in [9.17, 15) is 13.2 Å². The van der Waals surface area contributed by atoms with E-state index in [1.165, 1.54) is 15.6 Å². The molecule has 1 aliphatic rings. The van der Waals surface area contributed by atoms with Gasteiger partial charge in [0, 0.05) is 23.3 Å². The van der Waals surface area contributed by atoms with E-state index in [0.29, 0.717) is 18.8 Å². The predicted molar refractivity (Wildman–Crippen MR) is 82.3 cm³/mol. The van der Waals surface area contributed by atoms with Crippen molar-refractivity contribution in [3.63, 3.8) is 0 Å². The molecule has 1 aromatic heterocycles. The number of hydrogen-bond acceptors (Lipinski definition) is 5. The first kappa shape index (κ1) is 15.8. The average molecular weight is 356 g/mol. The van der Waals surface area contributed by atoms with Gasteiger partial charge in [-0.25, -0.2) is 13.2 Å². The molecule has 0 aliphatic carbocycles. The van der Waals surface area contributed by atoms with Crippen molar-refractivity contribution >= 4 is 25.8 Å². The topological polar surface area (TPSA) is 81.5 Å². The van der Waals surface area contributed by atoms with E-state index in [4.69, 9.17) is 15.4 Å². The van der Waals surface area contributed by atoms with Crippen LogP contribution >= 0.6 is 10.7 Å². The number of halogens is 1. The van der Waals surface area contributed by atoms with E-state index in [1.807, 2.05) is 30.3 Å². The Bertz CT molecular complexity index is 820. The molecule has 2 heterocycles. The quantitative estimate of drug-likeness (QED) is 0.786. The van der Waals surface area contributed by atoms with Crippen LogP contribution in [0.15, 0.2) is 41.4 Å². The lowest BCUT2D eigenvalue weighted by Crippen LogP contribution is -2.38. The number of nitrogens with zero attached hydrogens (tertiary/aromatic N) is 3. The Labute approximate surface area is 137 Å². The predicted octanol–water partition coefficient (Wildman–Crippen LogP) is 1.96. The molecule has 1 amide bonds. The maximum Gasteiger partial charge on any atom is 0.410 e. The van der Waals surface area contributed by atoms with Crippen LogP contribution in [0, 0.1) is 0 Å². The molecule has 0 unspecified atom stereocenters. The Morgan fingerprint density at radius 2 is 2.00 bits per heavy atom. The zero-order valence-electron chi connectivity index (χ0n) is 12.1. The minimum absolute atomic E-state index is 0.191. The second-order valence-electron chi connectivity index (χ2n) is 5.10. The average Bonchev–Trinajstić information content (AvgIpc) is 2.97. The lowest BCUT2D eigenvalue weighted by molar-refractivity contribution is 0.0858. The van der Waals surface area contributed by atoms with Crippen molar-refractivity contribution in [1.29, 1.82) is 0 Å². The third-order valence-corrected chi connectivity index (χ3v) is 4.66. The fraction of sp³-hybridized carbons (Fsp3) is 0.286. The van der Waals surface area contributed by atoms with Gasteiger partial charge in [-0.3, -0.25) is 4.68 Å². The third-order valence-electron chi connectivity index (χ3n) is 3.49. The van der Waals surface area contributed by atoms with Gasteiger partial charge in [0.15, 0.2) is 5.03 Å². The summed E-state index contributed by atoms with van der Waals surface area (Å²) in [6.45, 7) is 1.20. The number of carbonyl (C=O) groups excluding carboxylic acids is 1. The number of amides is 1. The summed E-state index contributed by atoms with van der Waals surface area (Å²) in [6.07, 6.45) is -0.448. The van der Waals surface area contributed by atoms with E-state index in [2.05, 4.69) is 5.10 Å². The molecular weight excluding hydrogens is 342 g/mol. The molecule has 0 bridgehead atoms. The van der Waals surface area contributed by atoms with Gasteiger partial charge >= 0.3 is 6.09 Å². The Hall–Kier alpha value is -2.06. The molecule has 0 spiro atoms. The van der Waals surface area contributed by atoms with Crippen LogP contribution in [0.1, 0.15) is 11.3 Å². The number of carbonyl (C=O) groups is 1. The molecule has 23 heavy (non-hydrogen) atoms. The molecule has 2 aromatic rings. The molecular formula is C14H14ClN3O4S. The maximum absolute atomic E-state index is 12.1. The van der Waals surface area contributed by atoms with Crippen molar-refractivity contribution in [3.05, 3.63) is 47.7 Å². The molecule has 9 heteroatoms. The van der Waals surface area contributed by atoms with Crippen molar-refractivity contribution in [3.8, 4) is 0 Å². The van der Waals surface area contributed by atoms with Crippen LogP contribution in [0.25, 0.3) is 0 Å². The monoisotopic (exact) mass is 355 g/mol. The van der Waals surface area contributed by atoms with Gasteiger partial charge in [-0.2, -0.15) is 5.10 Å². The number of aromatic nitrogens is 2. The first-order valence-electron chi connectivity index (χ1n) is 6.90. The third kappa shape index (κ3) is 3.65. The minimum atomic E-state index is -3.88. The summed E-state index contributed by atoms with van der Waals surface area (Å²) in [5.41, 5.74) is 1.51. The molecule has 0 radical (unpaired) electrons. The number of fused-ring (bicyclic) bond motifs is 1. The SMILES string of the molecule is O=C(OCc1ccccc1)N1CCn2nc(S(=O)(=O)Cl)cc2C1. The molecule has 0 saturated carbocycles. The van der Waals surface area contributed by atoms with Crippen LogP contribution in [0.2, 0.25) is 0 Å². The normalized spacial score (nSPS) is 14.4. The van der Waals surface area contributed by atoms with Gasteiger partial charge in [0.2, 0.25) is 0 Å². The van der Waals surface area contributed by atoms with E-state index in [0.717, 1.165) is 5.56 Å². The molecule has 122 valence electrons. The molecule has 0 N–H and O–H groups in total. The molecule has 1 aromatic carbocycles. The number of rotatable bonds is 3. The minimum Gasteiger partial charge on any atom is -0.445 e. The van der Waals surface area contributed by atoms with Crippen molar-refractivity contribution in [2.24, 2.45) is 0 Å². The first-order valence-corrected chi connectivity index (χ1v) is 9.21. The fourth-order valence-corrected chi connectivity index (χ4v) is 3.02. The summed E-state index contributed by atoms with van der Waals surface area (Å²) in [5.74, 6) is 0. The van der Waals surface area contributed by atoms with Crippen molar-refractivity contribution in [2.45, 2.75) is 24.7 Å². The Balaban J connectivity index is 1.65. The summed E-state index contributed by atoms with van der Waals surface area (Å²) in [4.78, 5) is 13.6. The zero-order valence-corrected chi connectivity index (χ0v) is 13.6. The summed E-state index contributed by atoms with van der Waals surface area (Å²) in [5, 5.41) is 3.73. The van der Waals surface area contributed by atoms with Gasteiger partial charge < -0.3 is 9.64 Å². The highest BCUT2D eigenvalue weighted by atomic mass is 35.7. The van der Waals surface area contributed by atoms with E-state index in [-0.39, 0.29) is 18.2 Å². The standard InChI is InChI=1S/C14H14ClN3O4S/c15-23(20,21)13-8-12-9-17(6-7-18(12)16-13)14(19)22-10-11-4-2-1-3-5-11/h1-5,8H,6-7,9-10H2. The molecule has 7 nitrogen and oxygen atoms in total. The van der Waals surface area contributed by atoms with Crippen molar-refractivity contribution < 1.29 is 17.9 Å². The number of benzene rings is 1. The number of ether oxygens (including phenoxy) is 1. The highest BCUT2D eigenvalue weighted by Crippen LogP contribution is 2.20. The Morgan fingerprint density at radius 3 is 2.70 bits per heavy atom. The van der Waals surface area contributed by atoms with Crippen LogP contribution in [0.4, 0.5) is 4.79 Å². The van der Waals surface area contributed by atoms with Gasteiger partial charge in [-0.15, -0.1) is 0 Å². The van der Waals surface area contributed by atoms with Gasteiger partial charge in [-0.05, 0) is 5.56 Å². The number of hydrogen-bond donors (Lipinski definition) is 0. The lowest BCUT2D eigenvalue weighted by atomic mass is 10.2. The summed E-state index contributed by atoms with van der Waals surface area (Å²) in [7, 11) is 1.41. The molecule has 1 aliphatic heterocycles. The fourth-order valence-electron chi connectivity index (χ4n) is 2.33. The second-order valence-corrected chi connectivity index (χ2v) is 7.61. The van der Waals surface area contributed by atoms with E-state index in [1.54, 1.807) is 0 Å². The second kappa shape index (κ2) is 6.21. The first-order chi connectivity index (χ1) is 10.9. The lowest BCUT2D eigenvalue weighted by Gasteiger charge is -2.26. The molecule has 0 saturated heterocycles. The van der Waals surface area contributed by atoms with E-state index >= 15 is 0 Å². The summed E-state index contributed by atoms with van der Waals surface area (Å²) >= 11 is 0. The Kier molecular flexibility index (Phi) is 4.27. The Morgan fingerprint density at radius 1 is 1.26 bits per heavy atom. The highest BCUT2D eigenvalue weighted by Gasteiger charge is 2.26. The maximum atomic E-state index is 12.1. The molecule has 3 rings (SSSR count). The summed E-state index contributed by atoms with van der Waals surface area (Å²) in [6, 6.07) is 10.7. The molecule has 0 atom stereocenters. The zero-order chi connectivity index (χ0) is 16.4. The smallest absolute Gasteiger partial charge is 0.410 e. The summed E-state index contributed by atoms with van der Waals surface area (Å²) < 4.78 is 29.4. The van der Waals surface area contributed by atoms with Gasteiger partial charge in [0.1, 0.15) is 6.61 Å². The largest absolute Gasteiger partial charge is 0.445 e. The van der Waals surface area contributed by atoms with Crippen molar-refractivity contribution in [2.75, 3.05) is 6.54 Å². The van der Waals surface area contributed by atoms with Crippen LogP contribution in [0.5, 0.6) is 0 Å². The van der Waals surface area contributed by atoms with Gasteiger partial charge in [0.25, 0.3) is 9.05 Å². The van der Waals surface area contributed by atoms with E-state index < -0.39 is 15.1 Å².